The number of aromatic nitrogens is 2. The van der Waals surface area contributed by atoms with Crippen LogP contribution in [0.15, 0.2) is 18.3 Å². The van der Waals surface area contributed by atoms with Crippen LogP contribution in [0.2, 0.25) is 5.28 Å². The minimum atomic E-state index is 0.302. The van der Waals surface area contributed by atoms with Crippen LogP contribution in [0.25, 0.3) is 10.9 Å². The largest absolute Gasteiger partial charge is 0.226 e. The molecule has 0 atom stereocenters. The van der Waals surface area contributed by atoms with Crippen LogP contribution in [0.4, 0.5) is 0 Å². The van der Waals surface area contributed by atoms with Crippen molar-refractivity contribution in [3.8, 4) is 0 Å². The Kier molecular flexibility index (Phi) is 1.93. The second-order valence-electron chi connectivity index (χ2n) is 3.13. The molecular formula is C10H9ClN2. The van der Waals surface area contributed by atoms with Crippen molar-refractivity contribution in [3.63, 3.8) is 0 Å². The summed E-state index contributed by atoms with van der Waals surface area (Å²) < 4.78 is 0. The number of hydrogen-bond donors (Lipinski definition) is 0. The monoisotopic (exact) mass is 192 g/mol. The Morgan fingerprint density at radius 1 is 1.15 bits per heavy atom. The van der Waals surface area contributed by atoms with E-state index in [-0.39, 0.29) is 0 Å². The van der Waals surface area contributed by atoms with Crippen LogP contribution in [-0.4, -0.2) is 9.97 Å². The lowest BCUT2D eigenvalue weighted by atomic mass is 10.1. The van der Waals surface area contributed by atoms with Crippen LogP contribution in [-0.2, 0) is 0 Å². The molecular weight excluding hydrogens is 184 g/mol. The van der Waals surface area contributed by atoms with Crippen molar-refractivity contribution in [3.05, 3.63) is 34.7 Å². The topological polar surface area (TPSA) is 25.8 Å². The van der Waals surface area contributed by atoms with E-state index in [9.17, 15) is 0 Å². The van der Waals surface area contributed by atoms with Gasteiger partial charge in [-0.3, -0.25) is 0 Å². The molecule has 1 aromatic heterocycles. The molecule has 0 radical (unpaired) electrons. The van der Waals surface area contributed by atoms with E-state index in [2.05, 4.69) is 29.9 Å². The van der Waals surface area contributed by atoms with Gasteiger partial charge in [0.2, 0.25) is 5.28 Å². The third-order valence-electron chi connectivity index (χ3n) is 2.17. The van der Waals surface area contributed by atoms with Gasteiger partial charge in [0.15, 0.2) is 0 Å². The second-order valence-corrected chi connectivity index (χ2v) is 3.47. The van der Waals surface area contributed by atoms with Crippen molar-refractivity contribution in [2.75, 3.05) is 0 Å². The fraction of sp³-hybridized carbons (Fsp3) is 0.200. The van der Waals surface area contributed by atoms with Gasteiger partial charge in [0.25, 0.3) is 0 Å². The van der Waals surface area contributed by atoms with Gasteiger partial charge in [-0.2, -0.15) is 0 Å². The van der Waals surface area contributed by atoms with Crippen LogP contribution in [0, 0.1) is 13.8 Å². The van der Waals surface area contributed by atoms with E-state index in [0.29, 0.717) is 5.28 Å². The van der Waals surface area contributed by atoms with Crippen LogP contribution < -0.4 is 0 Å². The summed E-state index contributed by atoms with van der Waals surface area (Å²) in [7, 11) is 0. The van der Waals surface area contributed by atoms with E-state index in [0.717, 1.165) is 10.9 Å². The molecule has 0 amide bonds. The first-order valence-corrected chi connectivity index (χ1v) is 4.44. The van der Waals surface area contributed by atoms with Crippen LogP contribution >= 0.6 is 11.6 Å². The molecule has 0 N–H and O–H groups in total. The molecule has 0 fully saturated rings. The molecule has 1 heterocycles. The highest BCUT2D eigenvalue weighted by Crippen LogP contribution is 2.17. The summed E-state index contributed by atoms with van der Waals surface area (Å²) in [6, 6.07) is 4.10. The van der Waals surface area contributed by atoms with Gasteiger partial charge in [0, 0.05) is 11.6 Å². The Hall–Kier alpha value is -1.15. The molecule has 2 rings (SSSR count). The first-order chi connectivity index (χ1) is 6.16. The molecule has 0 aliphatic carbocycles. The predicted octanol–water partition coefficient (Wildman–Crippen LogP) is 2.90. The lowest BCUT2D eigenvalue weighted by Gasteiger charge is -2.02. The lowest BCUT2D eigenvalue weighted by Crippen LogP contribution is -1.87. The molecule has 13 heavy (non-hydrogen) atoms. The second kappa shape index (κ2) is 2.96. The summed E-state index contributed by atoms with van der Waals surface area (Å²) in [5.41, 5.74) is 3.38. The standard InChI is InChI=1S/C10H9ClN2/c1-6-3-8-5-12-10(11)13-9(8)4-7(6)2/h3-5H,1-2H3. The van der Waals surface area contributed by atoms with E-state index in [4.69, 9.17) is 11.6 Å². The van der Waals surface area contributed by atoms with E-state index in [1.807, 2.05) is 6.07 Å². The highest BCUT2D eigenvalue weighted by molar-refractivity contribution is 6.28. The minimum Gasteiger partial charge on any atom is -0.226 e. The van der Waals surface area contributed by atoms with Crippen molar-refractivity contribution in [2.45, 2.75) is 13.8 Å². The van der Waals surface area contributed by atoms with E-state index in [1.54, 1.807) is 6.20 Å². The molecule has 1 aromatic carbocycles. The number of hydrogen-bond acceptors (Lipinski definition) is 2. The molecule has 66 valence electrons. The van der Waals surface area contributed by atoms with Gasteiger partial charge in [-0.05, 0) is 48.7 Å². The Morgan fingerprint density at radius 2 is 1.85 bits per heavy atom. The Bertz CT molecular complexity index is 466. The van der Waals surface area contributed by atoms with Crippen molar-refractivity contribution >= 4 is 22.5 Å². The molecule has 0 aliphatic heterocycles. The number of benzene rings is 1. The van der Waals surface area contributed by atoms with Gasteiger partial charge in [-0.25, -0.2) is 9.97 Å². The number of halogens is 1. The van der Waals surface area contributed by atoms with Gasteiger partial charge in [-0.15, -0.1) is 0 Å². The quantitative estimate of drug-likeness (QED) is 0.600. The molecule has 0 aliphatic rings. The zero-order valence-electron chi connectivity index (χ0n) is 7.50. The summed E-state index contributed by atoms with van der Waals surface area (Å²) in [4.78, 5) is 8.06. The highest BCUT2D eigenvalue weighted by Gasteiger charge is 2.00. The van der Waals surface area contributed by atoms with Gasteiger partial charge >= 0.3 is 0 Å². The molecule has 3 heteroatoms. The Morgan fingerprint density at radius 3 is 2.62 bits per heavy atom. The number of rotatable bonds is 0. The van der Waals surface area contributed by atoms with Crippen LogP contribution in [0.1, 0.15) is 11.1 Å². The van der Waals surface area contributed by atoms with Crippen molar-refractivity contribution < 1.29 is 0 Å². The summed E-state index contributed by atoms with van der Waals surface area (Å²) in [6.07, 6.45) is 1.75. The normalized spacial score (nSPS) is 10.7. The van der Waals surface area contributed by atoms with E-state index in [1.165, 1.54) is 11.1 Å². The fourth-order valence-corrected chi connectivity index (χ4v) is 1.41. The molecule has 0 unspecified atom stereocenters. The van der Waals surface area contributed by atoms with E-state index >= 15 is 0 Å². The molecule has 2 aromatic rings. The molecule has 0 saturated carbocycles. The molecule has 0 bridgehead atoms. The Labute approximate surface area is 81.6 Å². The number of fused-ring (bicyclic) bond motifs is 1. The first-order valence-electron chi connectivity index (χ1n) is 4.06. The maximum Gasteiger partial charge on any atom is 0.222 e. The number of aryl methyl sites for hydroxylation is 2. The zero-order valence-corrected chi connectivity index (χ0v) is 8.26. The van der Waals surface area contributed by atoms with E-state index < -0.39 is 0 Å². The van der Waals surface area contributed by atoms with Crippen LogP contribution in [0.5, 0.6) is 0 Å². The average Bonchev–Trinajstić information content (AvgIpc) is 2.08. The smallest absolute Gasteiger partial charge is 0.222 e. The predicted molar refractivity (Wildman–Crippen MR) is 54.0 cm³/mol. The third kappa shape index (κ3) is 1.49. The van der Waals surface area contributed by atoms with Crippen molar-refractivity contribution in [1.82, 2.24) is 9.97 Å². The average molecular weight is 193 g/mol. The minimum absolute atomic E-state index is 0.302. The van der Waals surface area contributed by atoms with Crippen molar-refractivity contribution in [1.29, 1.82) is 0 Å². The summed E-state index contributed by atoms with van der Waals surface area (Å²) in [5, 5.41) is 1.34. The van der Waals surface area contributed by atoms with Gasteiger partial charge in [0.1, 0.15) is 0 Å². The third-order valence-corrected chi connectivity index (χ3v) is 2.35. The van der Waals surface area contributed by atoms with Crippen LogP contribution in [0.3, 0.4) is 0 Å². The van der Waals surface area contributed by atoms with Crippen molar-refractivity contribution in [2.24, 2.45) is 0 Å². The highest BCUT2D eigenvalue weighted by atomic mass is 35.5. The SMILES string of the molecule is Cc1cc2cnc(Cl)nc2cc1C. The summed E-state index contributed by atoms with van der Waals surface area (Å²) in [6.45, 7) is 4.13. The maximum atomic E-state index is 5.69. The van der Waals surface area contributed by atoms with Gasteiger partial charge in [0.05, 0.1) is 5.52 Å². The molecule has 0 saturated heterocycles. The zero-order chi connectivity index (χ0) is 9.42. The molecule has 2 nitrogen and oxygen atoms in total. The van der Waals surface area contributed by atoms with Gasteiger partial charge < -0.3 is 0 Å². The lowest BCUT2D eigenvalue weighted by molar-refractivity contribution is 1.21. The Balaban J connectivity index is 2.81. The number of nitrogens with zero attached hydrogens (tertiary/aromatic N) is 2. The maximum absolute atomic E-state index is 5.69. The fourth-order valence-electron chi connectivity index (χ4n) is 1.27. The van der Waals surface area contributed by atoms with Gasteiger partial charge in [-0.1, -0.05) is 0 Å². The summed E-state index contributed by atoms with van der Waals surface area (Å²) >= 11 is 5.69. The molecule has 0 spiro atoms. The summed E-state index contributed by atoms with van der Waals surface area (Å²) in [5.74, 6) is 0. The first kappa shape index (κ1) is 8.45.